The number of hydrogen-bond acceptors (Lipinski definition) is 3. The number of fused-ring (bicyclic) bond motifs is 3. The first kappa shape index (κ1) is 17.0. The van der Waals surface area contributed by atoms with E-state index >= 15 is 0 Å². The fraction of sp³-hybridized carbons (Fsp3) is 0.190. The van der Waals surface area contributed by atoms with Crippen molar-refractivity contribution in [3.05, 3.63) is 87.1 Å². The van der Waals surface area contributed by atoms with E-state index in [9.17, 15) is 9.59 Å². The molecule has 0 aliphatic carbocycles. The fourth-order valence-electron chi connectivity index (χ4n) is 3.33. The molecule has 0 unspecified atom stereocenters. The second-order valence-electron chi connectivity index (χ2n) is 6.50. The quantitative estimate of drug-likeness (QED) is 0.550. The monoisotopic (exact) mass is 360 g/mol. The number of hydrogen-bond donors (Lipinski definition) is 0. The zero-order valence-electron chi connectivity index (χ0n) is 15.1. The number of nitrogens with zero attached hydrogens (tertiary/aromatic N) is 4. The van der Waals surface area contributed by atoms with Crippen molar-refractivity contribution in [3.8, 4) is 0 Å². The molecule has 0 fully saturated rings. The van der Waals surface area contributed by atoms with Crippen molar-refractivity contribution in [2.75, 3.05) is 0 Å². The molecular formula is C21H20N4O2. The molecule has 27 heavy (non-hydrogen) atoms. The van der Waals surface area contributed by atoms with Gasteiger partial charge in [0.25, 0.3) is 5.56 Å². The maximum Gasteiger partial charge on any atom is 0.352 e. The Kier molecular flexibility index (Phi) is 4.24. The van der Waals surface area contributed by atoms with E-state index in [1.54, 1.807) is 22.8 Å². The normalized spacial score (nSPS) is 11.3. The van der Waals surface area contributed by atoms with Gasteiger partial charge in [0, 0.05) is 6.54 Å². The fourth-order valence-corrected chi connectivity index (χ4v) is 3.33. The number of rotatable bonds is 5. The Morgan fingerprint density at radius 2 is 1.81 bits per heavy atom. The van der Waals surface area contributed by atoms with Gasteiger partial charge in [-0.2, -0.15) is 0 Å². The first-order valence-electron chi connectivity index (χ1n) is 8.96. The van der Waals surface area contributed by atoms with Gasteiger partial charge in [-0.05, 0) is 29.7 Å². The molecule has 0 N–H and O–H groups in total. The third-order valence-corrected chi connectivity index (χ3v) is 4.68. The van der Waals surface area contributed by atoms with Crippen molar-refractivity contribution in [2.24, 2.45) is 0 Å². The van der Waals surface area contributed by atoms with Gasteiger partial charge in [0.1, 0.15) is 0 Å². The highest BCUT2D eigenvalue weighted by Crippen LogP contribution is 2.12. The molecule has 0 spiro atoms. The highest BCUT2D eigenvalue weighted by Gasteiger charge is 2.16. The van der Waals surface area contributed by atoms with E-state index in [0.29, 0.717) is 29.8 Å². The molecule has 0 saturated carbocycles. The van der Waals surface area contributed by atoms with E-state index in [-0.39, 0.29) is 11.2 Å². The first-order valence-corrected chi connectivity index (χ1v) is 8.96. The van der Waals surface area contributed by atoms with Crippen LogP contribution in [0.4, 0.5) is 0 Å². The summed E-state index contributed by atoms with van der Waals surface area (Å²) in [5, 5.41) is 5.01. The van der Waals surface area contributed by atoms with Crippen LogP contribution in [0.15, 0.2) is 64.7 Å². The molecule has 0 aliphatic heterocycles. The standard InChI is InChI=1S/C21H20N4O2/c1-3-13-23-19(26)17-7-5-6-8-18(17)25-20(23)22-24(21(25)27)14-16-11-9-15(4-2)10-12-16/h4-12H,2-3,13-14H2,1H3. The molecule has 136 valence electrons. The molecule has 4 aromatic rings. The summed E-state index contributed by atoms with van der Waals surface area (Å²) in [4.78, 5) is 25.9. The third-order valence-electron chi connectivity index (χ3n) is 4.68. The van der Waals surface area contributed by atoms with Crippen LogP contribution in [-0.4, -0.2) is 18.7 Å². The van der Waals surface area contributed by atoms with Crippen molar-refractivity contribution < 1.29 is 0 Å². The maximum absolute atomic E-state index is 13.1. The lowest BCUT2D eigenvalue weighted by atomic mass is 10.1. The molecule has 6 heteroatoms. The van der Waals surface area contributed by atoms with Crippen LogP contribution in [0.1, 0.15) is 24.5 Å². The minimum atomic E-state index is -0.251. The van der Waals surface area contributed by atoms with Crippen molar-refractivity contribution in [1.29, 1.82) is 0 Å². The molecular weight excluding hydrogens is 340 g/mol. The molecule has 0 atom stereocenters. The number of benzene rings is 2. The SMILES string of the molecule is C=Cc1ccc(Cn2nc3n(CCC)c(=O)c4ccccc4n3c2=O)cc1. The molecule has 6 nitrogen and oxygen atoms in total. The average Bonchev–Trinajstić information content (AvgIpc) is 3.02. The van der Waals surface area contributed by atoms with Crippen molar-refractivity contribution >= 4 is 22.8 Å². The van der Waals surface area contributed by atoms with Gasteiger partial charge in [-0.3, -0.25) is 9.36 Å². The van der Waals surface area contributed by atoms with Crippen LogP contribution >= 0.6 is 0 Å². The first-order chi connectivity index (χ1) is 13.1. The van der Waals surface area contributed by atoms with Gasteiger partial charge in [-0.1, -0.05) is 56.0 Å². The summed E-state index contributed by atoms with van der Waals surface area (Å²) in [5.74, 6) is 0.383. The van der Waals surface area contributed by atoms with Crippen LogP contribution in [0, 0.1) is 0 Å². The number of aromatic nitrogens is 4. The highest BCUT2D eigenvalue weighted by molar-refractivity contribution is 5.80. The Balaban J connectivity index is 1.95. The minimum absolute atomic E-state index is 0.118. The van der Waals surface area contributed by atoms with Crippen LogP contribution in [-0.2, 0) is 13.1 Å². The molecule has 0 aliphatic rings. The van der Waals surface area contributed by atoms with E-state index in [0.717, 1.165) is 17.5 Å². The summed E-state index contributed by atoms with van der Waals surface area (Å²) < 4.78 is 4.53. The van der Waals surface area contributed by atoms with Gasteiger partial charge >= 0.3 is 5.69 Å². The predicted molar refractivity (Wildman–Crippen MR) is 107 cm³/mol. The number of para-hydroxylation sites is 1. The summed E-state index contributed by atoms with van der Waals surface area (Å²) in [6.45, 7) is 6.59. The summed E-state index contributed by atoms with van der Waals surface area (Å²) >= 11 is 0. The molecule has 0 radical (unpaired) electrons. The van der Waals surface area contributed by atoms with E-state index in [1.807, 2.05) is 43.3 Å². The summed E-state index contributed by atoms with van der Waals surface area (Å²) in [6, 6.07) is 15.0. The van der Waals surface area contributed by atoms with E-state index in [4.69, 9.17) is 0 Å². The molecule has 4 rings (SSSR count). The van der Waals surface area contributed by atoms with Gasteiger partial charge in [0.2, 0.25) is 5.78 Å². The molecule has 2 aromatic heterocycles. The van der Waals surface area contributed by atoms with Crippen LogP contribution in [0.2, 0.25) is 0 Å². The van der Waals surface area contributed by atoms with Crippen LogP contribution in [0.3, 0.4) is 0 Å². The molecule has 0 amide bonds. The van der Waals surface area contributed by atoms with Gasteiger partial charge in [0.05, 0.1) is 17.4 Å². The van der Waals surface area contributed by atoms with Crippen molar-refractivity contribution in [1.82, 2.24) is 18.7 Å². The maximum atomic E-state index is 13.1. The zero-order valence-corrected chi connectivity index (χ0v) is 15.1. The molecule has 2 heterocycles. The van der Waals surface area contributed by atoms with Crippen LogP contribution in [0.25, 0.3) is 22.8 Å². The van der Waals surface area contributed by atoms with E-state index < -0.39 is 0 Å². The Bertz CT molecular complexity index is 1260. The predicted octanol–water partition coefficient (Wildman–Crippen LogP) is 2.91. The molecule has 0 bridgehead atoms. The van der Waals surface area contributed by atoms with Gasteiger partial charge in [0.15, 0.2) is 0 Å². The Hall–Kier alpha value is -3.41. The van der Waals surface area contributed by atoms with Gasteiger partial charge in [-0.25, -0.2) is 13.9 Å². The van der Waals surface area contributed by atoms with Gasteiger partial charge in [-0.15, -0.1) is 5.10 Å². The summed E-state index contributed by atoms with van der Waals surface area (Å²) in [6.07, 6.45) is 2.55. The Morgan fingerprint density at radius 3 is 2.52 bits per heavy atom. The highest BCUT2D eigenvalue weighted by atomic mass is 16.2. The lowest BCUT2D eigenvalue weighted by Gasteiger charge is -2.07. The topological polar surface area (TPSA) is 61.3 Å². The second kappa shape index (κ2) is 6.72. The van der Waals surface area contributed by atoms with Crippen molar-refractivity contribution in [2.45, 2.75) is 26.4 Å². The Labute approximate surface area is 155 Å². The Morgan fingerprint density at radius 1 is 1.07 bits per heavy atom. The lowest BCUT2D eigenvalue weighted by molar-refractivity contribution is 0.639. The van der Waals surface area contributed by atoms with Crippen LogP contribution in [0.5, 0.6) is 0 Å². The minimum Gasteiger partial charge on any atom is -0.276 e. The van der Waals surface area contributed by atoms with Crippen molar-refractivity contribution in [3.63, 3.8) is 0 Å². The largest absolute Gasteiger partial charge is 0.352 e. The van der Waals surface area contributed by atoms with E-state index in [2.05, 4.69) is 11.7 Å². The zero-order chi connectivity index (χ0) is 19.0. The molecule has 0 saturated heterocycles. The average molecular weight is 360 g/mol. The van der Waals surface area contributed by atoms with E-state index in [1.165, 1.54) is 9.08 Å². The summed E-state index contributed by atoms with van der Waals surface area (Å²) in [5.41, 5.74) is 2.19. The third kappa shape index (κ3) is 2.79. The molecule has 2 aromatic carbocycles. The lowest BCUT2D eigenvalue weighted by Crippen LogP contribution is -2.26. The summed E-state index contributed by atoms with van der Waals surface area (Å²) in [7, 11) is 0. The second-order valence-corrected chi connectivity index (χ2v) is 6.50. The smallest absolute Gasteiger partial charge is 0.276 e. The number of aryl methyl sites for hydroxylation is 1. The van der Waals surface area contributed by atoms with Crippen LogP contribution < -0.4 is 11.2 Å². The van der Waals surface area contributed by atoms with Gasteiger partial charge < -0.3 is 0 Å².